The van der Waals surface area contributed by atoms with Crippen LogP contribution in [-0.2, 0) is 13.1 Å². The first-order valence-corrected chi connectivity index (χ1v) is 5.89. The number of rotatable bonds is 3. The van der Waals surface area contributed by atoms with Crippen LogP contribution < -0.4 is 0 Å². The molecule has 0 aromatic heterocycles. The third kappa shape index (κ3) is 11.8. The van der Waals surface area contributed by atoms with E-state index in [-0.39, 0.29) is 0 Å². The summed E-state index contributed by atoms with van der Waals surface area (Å²) < 4.78 is 0. The second-order valence-electron chi connectivity index (χ2n) is 1.66. The monoisotopic (exact) mass is 234 g/mol. The number of halogens is 2. The molecule has 0 saturated heterocycles. The molecule has 0 heterocycles. The quantitative estimate of drug-likeness (QED) is 0.680. The topological polar surface area (TPSA) is 3.24 Å². The van der Waals surface area contributed by atoms with Gasteiger partial charge in [-0.2, -0.15) is 0 Å². The van der Waals surface area contributed by atoms with Crippen LogP contribution in [-0.4, -0.2) is 24.5 Å². The predicted molar refractivity (Wildman–Crippen MR) is 45.2 cm³/mol. The van der Waals surface area contributed by atoms with Crippen molar-refractivity contribution in [1.29, 1.82) is 0 Å². The summed E-state index contributed by atoms with van der Waals surface area (Å²) in [7, 11) is 9.34. The average Bonchev–Trinajstić information content (AvgIpc) is 1.93. The van der Waals surface area contributed by atoms with Gasteiger partial charge in [0, 0.05) is 0 Å². The standard InChI is InChI=1S/C6H15N.2ClH.Cu/c1-4-7(5-2)6-3;;;/h4-6H2,1-3H3;2*1H;/q;;;+2/p-2. The molecule has 0 aliphatic rings. The van der Waals surface area contributed by atoms with Crippen molar-refractivity contribution in [3.05, 3.63) is 0 Å². The molecule has 0 saturated carbocycles. The first kappa shape index (κ1) is 13.6. The Kier molecular flexibility index (Phi) is 17.3. The van der Waals surface area contributed by atoms with Gasteiger partial charge in [-0.05, 0) is 19.6 Å². The zero-order valence-electron chi connectivity index (χ0n) is 6.63. The first-order chi connectivity index (χ1) is 4.76. The minimum absolute atomic E-state index is 0.757. The van der Waals surface area contributed by atoms with Gasteiger partial charge in [0.1, 0.15) is 0 Å². The molecule has 0 amide bonds. The van der Waals surface area contributed by atoms with E-state index in [0.717, 1.165) is 13.1 Å². The predicted octanol–water partition coefficient (Wildman–Crippen LogP) is 2.72. The summed E-state index contributed by atoms with van der Waals surface area (Å²) in [5, 5.41) is 0. The van der Waals surface area contributed by atoms with Crippen LogP contribution in [0.4, 0.5) is 0 Å². The number of hydrogen-bond acceptors (Lipinski definition) is 1. The fourth-order valence-electron chi connectivity index (χ4n) is 0.671. The third-order valence-corrected chi connectivity index (χ3v) is 1.34. The van der Waals surface area contributed by atoms with E-state index in [1.807, 2.05) is 0 Å². The molecule has 0 fully saturated rings. The summed E-state index contributed by atoms with van der Waals surface area (Å²) in [5.74, 6) is 0. The van der Waals surface area contributed by atoms with Crippen LogP contribution in [0.3, 0.4) is 0 Å². The molecular formula is C6H15Cl2CuN. The maximum absolute atomic E-state index is 4.67. The fraction of sp³-hybridized carbons (Fsp3) is 1.00. The van der Waals surface area contributed by atoms with Crippen LogP contribution in [0.1, 0.15) is 20.8 Å². The SMILES string of the molecule is CCN(CC)CC.[Cl][Cu][Cl]. The summed E-state index contributed by atoms with van der Waals surface area (Å²) >= 11 is 0.757. The van der Waals surface area contributed by atoms with Gasteiger partial charge in [0.15, 0.2) is 0 Å². The van der Waals surface area contributed by atoms with Crippen molar-refractivity contribution in [2.75, 3.05) is 19.6 Å². The molecule has 0 aromatic rings. The van der Waals surface area contributed by atoms with Gasteiger partial charge in [-0.3, -0.25) is 0 Å². The van der Waals surface area contributed by atoms with Crippen molar-refractivity contribution in [2.45, 2.75) is 20.8 Å². The van der Waals surface area contributed by atoms with E-state index in [4.69, 9.17) is 0 Å². The normalized spacial score (nSPS) is 9.40. The summed E-state index contributed by atoms with van der Waals surface area (Å²) in [4.78, 5) is 2.38. The van der Waals surface area contributed by atoms with Crippen molar-refractivity contribution in [2.24, 2.45) is 0 Å². The van der Waals surface area contributed by atoms with Gasteiger partial charge in [0.05, 0.1) is 0 Å². The molecule has 1 nitrogen and oxygen atoms in total. The van der Waals surface area contributed by atoms with Gasteiger partial charge >= 0.3 is 33.3 Å². The fourth-order valence-corrected chi connectivity index (χ4v) is 0.671. The molecule has 0 aliphatic heterocycles. The number of hydrogen-bond donors (Lipinski definition) is 0. The maximum atomic E-state index is 4.67. The second-order valence-corrected chi connectivity index (χ2v) is 3.22. The Morgan fingerprint density at radius 1 is 1.00 bits per heavy atom. The molecule has 69 valence electrons. The molecule has 0 unspecified atom stereocenters. The van der Waals surface area contributed by atoms with Crippen molar-refractivity contribution < 1.29 is 13.1 Å². The van der Waals surface area contributed by atoms with Gasteiger partial charge < -0.3 is 4.90 Å². The molecule has 0 N–H and O–H groups in total. The third-order valence-electron chi connectivity index (χ3n) is 1.34. The molecule has 10 heavy (non-hydrogen) atoms. The van der Waals surface area contributed by atoms with Crippen LogP contribution in [0, 0.1) is 0 Å². The molecule has 0 radical (unpaired) electrons. The van der Waals surface area contributed by atoms with E-state index in [2.05, 4.69) is 45.9 Å². The molecule has 0 atom stereocenters. The molecule has 0 aliphatic carbocycles. The molecule has 4 heteroatoms. The zero-order valence-corrected chi connectivity index (χ0v) is 9.08. The minimum atomic E-state index is 0.757. The summed E-state index contributed by atoms with van der Waals surface area (Å²) in [6.45, 7) is 10.1. The van der Waals surface area contributed by atoms with Crippen LogP contribution in [0.5, 0.6) is 0 Å². The molecule has 0 spiro atoms. The van der Waals surface area contributed by atoms with E-state index >= 15 is 0 Å². The van der Waals surface area contributed by atoms with Crippen LogP contribution in [0.15, 0.2) is 0 Å². The van der Waals surface area contributed by atoms with Gasteiger partial charge in [-0.25, -0.2) is 0 Å². The Morgan fingerprint density at radius 2 is 1.20 bits per heavy atom. The second kappa shape index (κ2) is 12.7. The van der Waals surface area contributed by atoms with E-state index in [9.17, 15) is 0 Å². The van der Waals surface area contributed by atoms with Crippen molar-refractivity contribution in [1.82, 2.24) is 4.90 Å². The van der Waals surface area contributed by atoms with Crippen LogP contribution in [0.2, 0.25) is 0 Å². The zero-order chi connectivity index (χ0) is 8.41. The van der Waals surface area contributed by atoms with E-state index < -0.39 is 0 Å². The van der Waals surface area contributed by atoms with Gasteiger partial charge in [-0.1, -0.05) is 20.8 Å². The van der Waals surface area contributed by atoms with E-state index in [1.165, 1.54) is 19.6 Å². The Bertz CT molecular complexity index is 45.5. The van der Waals surface area contributed by atoms with Crippen molar-refractivity contribution in [3.63, 3.8) is 0 Å². The molecular weight excluding hydrogens is 221 g/mol. The van der Waals surface area contributed by atoms with Gasteiger partial charge in [0.2, 0.25) is 0 Å². The summed E-state index contributed by atoms with van der Waals surface area (Å²) in [6.07, 6.45) is 0. The summed E-state index contributed by atoms with van der Waals surface area (Å²) in [5.41, 5.74) is 0. The van der Waals surface area contributed by atoms with Crippen molar-refractivity contribution in [3.8, 4) is 0 Å². The van der Waals surface area contributed by atoms with E-state index in [0.29, 0.717) is 0 Å². The van der Waals surface area contributed by atoms with Crippen LogP contribution >= 0.6 is 20.2 Å². The molecule has 0 aromatic carbocycles. The van der Waals surface area contributed by atoms with Crippen LogP contribution in [0.25, 0.3) is 0 Å². The average molecular weight is 236 g/mol. The van der Waals surface area contributed by atoms with Gasteiger partial charge in [-0.15, -0.1) is 0 Å². The Labute approximate surface area is 78.7 Å². The molecule has 0 bridgehead atoms. The van der Waals surface area contributed by atoms with Crippen molar-refractivity contribution >= 4 is 20.2 Å². The Balaban J connectivity index is 0. The Hall–Kier alpha value is 1.06. The summed E-state index contributed by atoms with van der Waals surface area (Å²) in [6, 6.07) is 0. The Morgan fingerprint density at radius 3 is 1.20 bits per heavy atom. The van der Waals surface area contributed by atoms with E-state index in [1.54, 1.807) is 0 Å². The number of nitrogens with zero attached hydrogens (tertiary/aromatic N) is 1. The first-order valence-electron chi connectivity index (χ1n) is 3.30. The van der Waals surface area contributed by atoms with Gasteiger partial charge in [0.25, 0.3) is 0 Å². The molecule has 0 rings (SSSR count).